The fourth-order valence-corrected chi connectivity index (χ4v) is 5.55. The van der Waals surface area contributed by atoms with E-state index in [-0.39, 0.29) is 12.2 Å². The number of anilines is 1. The Balaban J connectivity index is 1.37. The van der Waals surface area contributed by atoms with Crippen molar-refractivity contribution < 1.29 is 4.74 Å². The molecule has 7 heteroatoms. The first-order chi connectivity index (χ1) is 13.6. The summed E-state index contributed by atoms with van der Waals surface area (Å²) >= 11 is 0. The van der Waals surface area contributed by atoms with Gasteiger partial charge in [0.25, 0.3) is 0 Å². The average Bonchev–Trinajstić information content (AvgIpc) is 3.24. The molecule has 7 nitrogen and oxygen atoms in total. The van der Waals surface area contributed by atoms with Gasteiger partial charge in [0.2, 0.25) is 0 Å². The Morgan fingerprint density at radius 3 is 2.75 bits per heavy atom. The van der Waals surface area contributed by atoms with Crippen LogP contribution in [0.5, 0.6) is 0 Å². The van der Waals surface area contributed by atoms with E-state index in [0.717, 1.165) is 43.7 Å². The lowest BCUT2D eigenvalue weighted by Gasteiger charge is -2.43. The summed E-state index contributed by atoms with van der Waals surface area (Å²) in [5.41, 5.74) is 8.91. The topological polar surface area (TPSA) is 82.8 Å². The molecule has 0 aromatic carbocycles. The number of pyridine rings is 1. The fourth-order valence-electron chi connectivity index (χ4n) is 5.55. The van der Waals surface area contributed by atoms with E-state index in [4.69, 9.17) is 10.5 Å². The van der Waals surface area contributed by atoms with Crippen molar-refractivity contribution in [3.05, 3.63) is 30.1 Å². The zero-order valence-electron chi connectivity index (χ0n) is 16.4. The van der Waals surface area contributed by atoms with Crippen molar-refractivity contribution in [2.75, 3.05) is 24.5 Å². The van der Waals surface area contributed by atoms with Gasteiger partial charge in [-0.25, -0.2) is 4.52 Å². The molecule has 2 bridgehead atoms. The van der Waals surface area contributed by atoms with E-state index in [9.17, 15) is 5.26 Å². The molecular weight excluding hydrogens is 352 g/mol. The monoisotopic (exact) mass is 380 g/mol. The van der Waals surface area contributed by atoms with Gasteiger partial charge in [-0.1, -0.05) is 0 Å². The molecule has 4 atom stereocenters. The highest BCUT2D eigenvalue weighted by Crippen LogP contribution is 2.36. The van der Waals surface area contributed by atoms with Crippen LogP contribution in [0.2, 0.25) is 0 Å². The minimum absolute atomic E-state index is 0.169. The Hall–Kier alpha value is -2.14. The van der Waals surface area contributed by atoms with Crippen molar-refractivity contribution in [3.8, 4) is 6.07 Å². The number of rotatable bonds is 3. The predicted octanol–water partition coefficient (Wildman–Crippen LogP) is 1.75. The molecule has 0 saturated carbocycles. The summed E-state index contributed by atoms with van der Waals surface area (Å²) in [7, 11) is 0. The van der Waals surface area contributed by atoms with Crippen LogP contribution < -0.4 is 10.6 Å². The van der Waals surface area contributed by atoms with Crippen LogP contribution in [-0.4, -0.2) is 64.5 Å². The third-order valence-electron chi connectivity index (χ3n) is 6.65. The average molecular weight is 380 g/mol. The molecule has 3 aliphatic heterocycles. The van der Waals surface area contributed by atoms with Gasteiger partial charge < -0.3 is 15.4 Å². The third kappa shape index (κ3) is 3.06. The van der Waals surface area contributed by atoms with Crippen molar-refractivity contribution in [2.45, 2.75) is 62.9 Å². The molecule has 5 rings (SSSR count). The van der Waals surface area contributed by atoms with E-state index in [1.54, 1.807) is 10.7 Å². The minimum Gasteiger partial charge on any atom is -0.370 e. The van der Waals surface area contributed by atoms with Crippen molar-refractivity contribution in [2.24, 2.45) is 5.73 Å². The quantitative estimate of drug-likeness (QED) is 0.874. The molecule has 28 heavy (non-hydrogen) atoms. The van der Waals surface area contributed by atoms with Crippen LogP contribution in [0.25, 0.3) is 5.52 Å². The summed E-state index contributed by atoms with van der Waals surface area (Å²) in [6.45, 7) is 4.84. The summed E-state index contributed by atoms with van der Waals surface area (Å²) in [4.78, 5) is 5.06. The van der Waals surface area contributed by atoms with Gasteiger partial charge in [-0.15, -0.1) is 0 Å². The highest BCUT2D eigenvalue weighted by molar-refractivity contribution is 5.74. The van der Waals surface area contributed by atoms with Crippen LogP contribution in [0, 0.1) is 11.3 Å². The van der Waals surface area contributed by atoms with Crippen LogP contribution >= 0.6 is 0 Å². The fraction of sp³-hybridized carbons (Fsp3) is 0.619. The van der Waals surface area contributed by atoms with Crippen LogP contribution in [0.4, 0.5) is 5.69 Å². The number of piperidine rings is 1. The van der Waals surface area contributed by atoms with E-state index < -0.39 is 0 Å². The Bertz CT molecular complexity index is 890. The summed E-state index contributed by atoms with van der Waals surface area (Å²) in [5.74, 6) is 0. The van der Waals surface area contributed by atoms with Gasteiger partial charge in [-0.2, -0.15) is 10.4 Å². The van der Waals surface area contributed by atoms with Crippen LogP contribution in [0.15, 0.2) is 24.4 Å². The lowest BCUT2D eigenvalue weighted by molar-refractivity contribution is -0.0448. The van der Waals surface area contributed by atoms with Gasteiger partial charge in [0.05, 0.1) is 29.6 Å². The number of fused-ring (bicyclic) bond motifs is 3. The minimum atomic E-state index is 0.169. The lowest BCUT2D eigenvalue weighted by atomic mass is 9.97. The number of nitrogens with two attached hydrogens (primary N) is 1. The highest BCUT2D eigenvalue weighted by atomic mass is 16.5. The molecule has 3 aliphatic rings. The molecule has 5 heterocycles. The van der Waals surface area contributed by atoms with Gasteiger partial charge in [0.15, 0.2) is 0 Å². The Morgan fingerprint density at radius 1 is 1.21 bits per heavy atom. The van der Waals surface area contributed by atoms with Crippen LogP contribution in [0.3, 0.4) is 0 Å². The highest BCUT2D eigenvalue weighted by Gasteiger charge is 2.41. The van der Waals surface area contributed by atoms with Crippen molar-refractivity contribution in [1.82, 2.24) is 14.5 Å². The molecule has 148 valence electrons. The zero-order chi connectivity index (χ0) is 19.3. The molecule has 0 amide bonds. The molecule has 2 aromatic heterocycles. The lowest BCUT2D eigenvalue weighted by Crippen LogP contribution is -2.55. The number of nitrogens with zero attached hydrogens (tertiary/aromatic N) is 5. The van der Waals surface area contributed by atoms with Crippen molar-refractivity contribution in [3.63, 3.8) is 0 Å². The molecule has 3 saturated heterocycles. The molecule has 0 spiro atoms. The molecular formula is C21H28N6O. The molecule has 2 aromatic rings. The number of nitriles is 1. The van der Waals surface area contributed by atoms with Crippen molar-refractivity contribution >= 4 is 11.2 Å². The summed E-state index contributed by atoms with van der Waals surface area (Å²) in [6, 6.07) is 9.72. The van der Waals surface area contributed by atoms with Gasteiger partial charge in [0.1, 0.15) is 11.8 Å². The number of ether oxygens (including phenoxy) is 1. The predicted molar refractivity (Wildman–Crippen MR) is 107 cm³/mol. The SMILES string of the molecule is C[C@@H]1CN(c2ccc(C#N)n3nccc23)C[C@H](CN2C3CCC2CC(N)C3)O1. The molecule has 2 N–H and O–H groups in total. The standard InChI is InChI=1S/C21H28N6O/c1-14-11-25(20-5-4-18(10-22)27-21(20)6-7-24-27)12-19(28-14)13-26-16-2-3-17(26)9-15(23)8-16/h4-7,14-17,19H,2-3,8-9,11-13,23H2,1H3/t14-,15?,16?,17?,19-/m1/s1. The van der Waals surface area contributed by atoms with Gasteiger partial charge >= 0.3 is 0 Å². The number of hydrogen-bond donors (Lipinski definition) is 1. The third-order valence-corrected chi connectivity index (χ3v) is 6.65. The maximum Gasteiger partial charge on any atom is 0.142 e. The Labute approximate surface area is 165 Å². The second kappa shape index (κ2) is 7.03. The van der Waals surface area contributed by atoms with E-state index in [0.29, 0.717) is 23.8 Å². The van der Waals surface area contributed by atoms with Crippen LogP contribution in [-0.2, 0) is 4.74 Å². The van der Waals surface area contributed by atoms with E-state index in [2.05, 4.69) is 27.9 Å². The van der Waals surface area contributed by atoms with E-state index >= 15 is 0 Å². The number of hydrogen-bond acceptors (Lipinski definition) is 6. The first-order valence-corrected chi connectivity index (χ1v) is 10.4. The summed E-state index contributed by atoms with van der Waals surface area (Å²) in [5, 5.41) is 13.7. The van der Waals surface area contributed by atoms with Gasteiger partial charge in [0, 0.05) is 37.8 Å². The molecule has 0 aliphatic carbocycles. The Morgan fingerprint density at radius 2 is 2.00 bits per heavy atom. The van der Waals surface area contributed by atoms with Crippen LogP contribution in [0.1, 0.15) is 38.3 Å². The van der Waals surface area contributed by atoms with Gasteiger partial charge in [-0.3, -0.25) is 4.90 Å². The summed E-state index contributed by atoms with van der Waals surface area (Å²) in [6.07, 6.45) is 6.90. The maximum atomic E-state index is 9.34. The van der Waals surface area contributed by atoms with Crippen molar-refractivity contribution in [1.29, 1.82) is 5.26 Å². The smallest absolute Gasteiger partial charge is 0.142 e. The summed E-state index contributed by atoms with van der Waals surface area (Å²) < 4.78 is 8.07. The second-order valence-corrected chi connectivity index (χ2v) is 8.63. The number of morpholine rings is 1. The molecule has 3 fully saturated rings. The molecule has 0 radical (unpaired) electrons. The normalized spacial score (nSPS) is 33.3. The van der Waals surface area contributed by atoms with E-state index in [1.165, 1.54) is 12.8 Å². The van der Waals surface area contributed by atoms with E-state index in [1.807, 2.05) is 18.2 Å². The Kier molecular flexibility index (Phi) is 4.50. The number of aromatic nitrogens is 2. The largest absolute Gasteiger partial charge is 0.370 e. The second-order valence-electron chi connectivity index (χ2n) is 8.63. The zero-order valence-corrected chi connectivity index (χ0v) is 16.4. The first kappa shape index (κ1) is 17.9. The maximum absolute atomic E-state index is 9.34. The first-order valence-electron chi connectivity index (χ1n) is 10.4. The molecule has 2 unspecified atom stereocenters. The van der Waals surface area contributed by atoms with Gasteiger partial charge in [-0.05, 0) is 50.8 Å².